The zero-order chi connectivity index (χ0) is 15.2. The zero-order valence-electron chi connectivity index (χ0n) is 13.7. The van der Waals surface area contributed by atoms with Crippen LogP contribution in [0.1, 0.15) is 37.8 Å². The van der Waals surface area contributed by atoms with Gasteiger partial charge in [0.15, 0.2) is 0 Å². The Bertz CT molecular complexity index is 558. The Morgan fingerprint density at radius 1 is 1.23 bits per heavy atom. The van der Waals surface area contributed by atoms with Gasteiger partial charge >= 0.3 is 0 Å². The van der Waals surface area contributed by atoms with E-state index >= 15 is 0 Å². The number of nitrogens with two attached hydrogens (primary N) is 1. The molecular formula is C18H27ClN2O. The van der Waals surface area contributed by atoms with Gasteiger partial charge in [0.25, 0.3) is 0 Å². The van der Waals surface area contributed by atoms with Crippen molar-refractivity contribution in [2.24, 2.45) is 17.6 Å². The molecular weight excluding hydrogens is 296 g/mol. The number of carbonyl (C=O) groups is 1. The van der Waals surface area contributed by atoms with Crippen LogP contribution < -0.4 is 5.73 Å². The van der Waals surface area contributed by atoms with Gasteiger partial charge < -0.3 is 10.6 Å². The third-order valence-electron chi connectivity index (χ3n) is 5.55. The average molecular weight is 323 g/mol. The van der Waals surface area contributed by atoms with Crippen LogP contribution in [0.2, 0.25) is 0 Å². The minimum Gasteiger partial charge on any atom is -0.341 e. The van der Waals surface area contributed by atoms with E-state index in [4.69, 9.17) is 5.73 Å². The van der Waals surface area contributed by atoms with E-state index in [1.165, 1.54) is 12.0 Å². The van der Waals surface area contributed by atoms with E-state index in [1.807, 2.05) is 26.0 Å². The van der Waals surface area contributed by atoms with Crippen LogP contribution in [0.4, 0.5) is 0 Å². The van der Waals surface area contributed by atoms with Gasteiger partial charge in [0.1, 0.15) is 0 Å². The Morgan fingerprint density at radius 2 is 1.91 bits per heavy atom. The monoisotopic (exact) mass is 322 g/mol. The van der Waals surface area contributed by atoms with Crippen molar-refractivity contribution in [3.63, 3.8) is 0 Å². The van der Waals surface area contributed by atoms with E-state index in [9.17, 15) is 4.79 Å². The molecule has 0 radical (unpaired) electrons. The Morgan fingerprint density at radius 3 is 2.55 bits per heavy atom. The van der Waals surface area contributed by atoms with Crippen molar-refractivity contribution in [2.45, 2.75) is 45.1 Å². The molecule has 1 saturated heterocycles. The SMILES string of the molecule is Cc1ccccc1C(C)(C)C(=O)N1CC2CCC(N)C2C1.Cl. The Labute approximate surface area is 139 Å². The second-order valence-corrected chi connectivity index (χ2v) is 7.32. The standard InChI is InChI=1S/C18H26N2O.ClH/c1-12-6-4-5-7-15(12)18(2,3)17(21)20-10-13-8-9-16(19)14(13)11-20;/h4-7,13-14,16H,8-11,19H2,1-3H3;1H. The van der Waals surface area contributed by atoms with E-state index in [1.54, 1.807) is 0 Å². The minimum absolute atomic E-state index is 0. The number of carbonyl (C=O) groups excluding carboxylic acids is 1. The summed E-state index contributed by atoms with van der Waals surface area (Å²) in [7, 11) is 0. The van der Waals surface area contributed by atoms with Crippen molar-refractivity contribution in [3.8, 4) is 0 Å². The first kappa shape index (κ1) is 17.3. The molecule has 1 saturated carbocycles. The van der Waals surface area contributed by atoms with Crippen LogP contribution >= 0.6 is 12.4 Å². The van der Waals surface area contributed by atoms with Crippen LogP contribution in [0.5, 0.6) is 0 Å². The molecule has 1 amide bonds. The quantitative estimate of drug-likeness (QED) is 0.910. The first-order chi connectivity index (χ1) is 9.91. The number of benzene rings is 1. The Kier molecular flexibility index (Phi) is 4.88. The van der Waals surface area contributed by atoms with Crippen molar-refractivity contribution in [3.05, 3.63) is 35.4 Å². The molecule has 122 valence electrons. The highest BCUT2D eigenvalue weighted by Crippen LogP contribution is 2.39. The van der Waals surface area contributed by atoms with Gasteiger partial charge in [-0.3, -0.25) is 4.79 Å². The fraction of sp³-hybridized carbons (Fsp3) is 0.611. The van der Waals surface area contributed by atoms with E-state index in [0.29, 0.717) is 11.8 Å². The van der Waals surface area contributed by atoms with E-state index < -0.39 is 5.41 Å². The molecule has 1 aliphatic heterocycles. The highest BCUT2D eigenvalue weighted by molar-refractivity contribution is 5.88. The summed E-state index contributed by atoms with van der Waals surface area (Å²) in [6.45, 7) is 7.92. The van der Waals surface area contributed by atoms with Gasteiger partial charge in [-0.15, -0.1) is 12.4 Å². The summed E-state index contributed by atoms with van der Waals surface area (Å²) in [4.78, 5) is 15.1. The lowest BCUT2D eigenvalue weighted by Gasteiger charge is -2.31. The third-order valence-corrected chi connectivity index (χ3v) is 5.55. The number of halogens is 1. The Balaban J connectivity index is 0.00000176. The molecule has 3 nitrogen and oxygen atoms in total. The molecule has 1 aromatic rings. The first-order valence-corrected chi connectivity index (χ1v) is 8.02. The molecule has 1 aromatic carbocycles. The molecule has 1 aliphatic carbocycles. The summed E-state index contributed by atoms with van der Waals surface area (Å²) in [6, 6.07) is 8.49. The molecule has 4 heteroatoms. The van der Waals surface area contributed by atoms with E-state index in [-0.39, 0.29) is 24.4 Å². The van der Waals surface area contributed by atoms with Crippen molar-refractivity contribution in [1.82, 2.24) is 4.90 Å². The van der Waals surface area contributed by atoms with Crippen molar-refractivity contribution in [2.75, 3.05) is 13.1 Å². The zero-order valence-corrected chi connectivity index (χ0v) is 14.5. The number of aryl methyl sites for hydroxylation is 1. The van der Waals surface area contributed by atoms with Gasteiger partial charge in [-0.25, -0.2) is 0 Å². The van der Waals surface area contributed by atoms with Gasteiger partial charge in [-0.1, -0.05) is 24.3 Å². The first-order valence-electron chi connectivity index (χ1n) is 8.02. The summed E-state index contributed by atoms with van der Waals surface area (Å²) in [5.41, 5.74) is 8.05. The fourth-order valence-corrected chi connectivity index (χ4v) is 4.26. The van der Waals surface area contributed by atoms with Gasteiger partial charge in [0.05, 0.1) is 5.41 Å². The lowest BCUT2D eigenvalue weighted by atomic mass is 9.80. The van der Waals surface area contributed by atoms with E-state index in [0.717, 1.165) is 25.1 Å². The lowest BCUT2D eigenvalue weighted by molar-refractivity contribution is -0.135. The van der Waals surface area contributed by atoms with Crippen molar-refractivity contribution >= 4 is 18.3 Å². The van der Waals surface area contributed by atoms with Gasteiger partial charge in [0, 0.05) is 19.1 Å². The van der Waals surface area contributed by atoms with Crippen LogP contribution in [0.3, 0.4) is 0 Å². The molecule has 3 rings (SSSR count). The van der Waals surface area contributed by atoms with Crippen molar-refractivity contribution < 1.29 is 4.79 Å². The van der Waals surface area contributed by atoms with Crippen LogP contribution in [-0.2, 0) is 10.2 Å². The summed E-state index contributed by atoms with van der Waals surface area (Å²) >= 11 is 0. The predicted molar refractivity (Wildman–Crippen MR) is 92.2 cm³/mol. The van der Waals surface area contributed by atoms with E-state index in [2.05, 4.69) is 24.0 Å². The van der Waals surface area contributed by atoms with Crippen LogP contribution in [0, 0.1) is 18.8 Å². The summed E-state index contributed by atoms with van der Waals surface area (Å²) < 4.78 is 0. The molecule has 0 bridgehead atoms. The fourth-order valence-electron chi connectivity index (χ4n) is 4.26. The molecule has 0 aromatic heterocycles. The number of rotatable bonds is 2. The van der Waals surface area contributed by atoms with Gasteiger partial charge in [0.2, 0.25) is 5.91 Å². The summed E-state index contributed by atoms with van der Waals surface area (Å²) in [6.07, 6.45) is 2.30. The number of amides is 1. The van der Waals surface area contributed by atoms with Crippen LogP contribution in [0.25, 0.3) is 0 Å². The summed E-state index contributed by atoms with van der Waals surface area (Å²) in [5, 5.41) is 0. The normalized spacial score (nSPS) is 27.5. The molecule has 22 heavy (non-hydrogen) atoms. The molecule has 2 N–H and O–H groups in total. The smallest absolute Gasteiger partial charge is 0.232 e. The maximum Gasteiger partial charge on any atom is 0.232 e. The van der Waals surface area contributed by atoms with Crippen LogP contribution in [0.15, 0.2) is 24.3 Å². The number of hydrogen-bond acceptors (Lipinski definition) is 2. The highest BCUT2D eigenvalue weighted by atomic mass is 35.5. The topological polar surface area (TPSA) is 46.3 Å². The Hall–Kier alpha value is -1.06. The number of fused-ring (bicyclic) bond motifs is 1. The average Bonchev–Trinajstić information content (AvgIpc) is 3.01. The second kappa shape index (κ2) is 6.21. The van der Waals surface area contributed by atoms with Gasteiger partial charge in [-0.2, -0.15) is 0 Å². The number of likely N-dealkylation sites (tertiary alicyclic amines) is 1. The lowest BCUT2D eigenvalue weighted by Crippen LogP contribution is -2.43. The molecule has 3 atom stereocenters. The minimum atomic E-state index is -0.464. The van der Waals surface area contributed by atoms with Crippen LogP contribution in [-0.4, -0.2) is 29.9 Å². The largest absolute Gasteiger partial charge is 0.341 e. The number of nitrogens with zero attached hydrogens (tertiary/aromatic N) is 1. The maximum atomic E-state index is 13.0. The molecule has 2 fully saturated rings. The van der Waals surface area contributed by atoms with Gasteiger partial charge in [-0.05, 0) is 56.6 Å². The summed E-state index contributed by atoms with van der Waals surface area (Å²) in [5.74, 6) is 1.39. The predicted octanol–water partition coefficient (Wildman–Crippen LogP) is 2.89. The third kappa shape index (κ3) is 2.77. The second-order valence-electron chi connectivity index (χ2n) is 7.32. The molecule has 2 aliphatic rings. The van der Waals surface area contributed by atoms with Crippen molar-refractivity contribution in [1.29, 1.82) is 0 Å². The number of hydrogen-bond donors (Lipinski definition) is 1. The maximum absolute atomic E-state index is 13.0. The highest BCUT2D eigenvalue weighted by Gasteiger charge is 2.45. The molecule has 0 spiro atoms. The molecule has 3 unspecified atom stereocenters. The molecule has 1 heterocycles.